The molecule has 1 aromatic carbocycles. The van der Waals surface area contributed by atoms with Gasteiger partial charge in [0.15, 0.2) is 9.84 Å². The smallest absolute Gasteiger partial charge is 0.258 e. The minimum Gasteiger partial charge on any atom is -0.258 e. The summed E-state index contributed by atoms with van der Waals surface area (Å²) < 4.78 is 37.0. The summed E-state index contributed by atoms with van der Waals surface area (Å²) >= 11 is 0. The summed E-state index contributed by atoms with van der Waals surface area (Å²) in [6, 6.07) is 5.64. The lowest BCUT2D eigenvalue weighted by Gasteiger charge is -2.18. The van der Waals surface area contributed by atoms with Gasteiger partial charge >= 0.3 is 5.69 Å². The van der Waals surface area contributed by atoms with Gasteiger partial charge in [-0.2, -0.15) is 9.65 Å². The minimum atomic E-state index is -3.30. The van der Waals surface area contributed by atoms with Gasteiger partial charge in [0.05, 0.1) is 27.9 Å². The van der Waals surface area contributed by atoms with Gasteiger partial charge in [-0.3, -0.25) is 10.1 Å². The standard InChI is InChI=1S/C12H11FN2O4S/c13-11-9(2-1-3-10(11)15(16)17)6-12(7-14)4-5-20(18,19)8-12/h1-3H,4-6,8H2. The van der Waals surface area contributed by atoms with Gasteiger partial charge < -0.3 is 0 Å². The maximum absolute atomic E-state index is 14.0. The molecule has 20 heavy (non-hydrogen) atoms. The SMILES string of the molecule is N#CC1(Cc2cccc([N+](=O)[O-])c2F)CCS(=O)(=O)C1. The molecule has 1 fully saturated rings. The van der Waals surface area contributed by atoms with Crippen molar-refractivity contribution in [2.45, 2.75) is 12.8 Å². The zero-order valence-corrected chi connectivity index (χ0v) is 11.2. The van der Waals surface area contributed by atoms with Crippen molar-refractivity contribution in [1.82, 2.24) is 0 Å². The number of hydrogen-bond donors (Lipinski definition) is 0. The van der Waals surface area contributed by atoms with E-state index in [1.54, 1.807) is 0 Å². The van der Waals surface area contributed by atoms with Crippen LogP contribution < -0.4 is 0 Å². The van der Waals surface area contributed by atoms with E-state index < -0.39 is 31.7 Å². The van der Waals surface area contributed by atoms with Crippen LogP contribution in [0.5, 0.6) is 0 Å². The van der Waals surface area contributed by atoms with Crippen LogP contribution in [0.2, 0.25) is 0 Å². The summed E-state index contributed by atoms with van der Waals surface area (Å²) in [7, 11) is -3.30. The van der Waals surface area contributed by atoms with Crippen molar-refractivity contribution in [3.05, 3.63) is 39.7 Å². The van der Waals surface area contributed by atoms with Gasteiger partial charge in [0.1, 0.15) is 0 Å². The Morgan fingerprint density at radius 2 is 2.20 bits per heavy atom. The number of nitrogens with zero attached hydrogens (tertiary/aromatic N) is 2. The van der Waals surface area contributed by atoms with E-state index in [0.29, 0.717) is 0 Å². The van der Waals surface area contributed by atoms with E-state index in [2.05, 4.69) is 0 Å². The van der Waals surface area contributed by atoms with Crippen LogP contribution in [0.1, 0.15) is 12.0 Å². The molecule has 1 atom stereocenters. The fraction of sp³-hybridized carbons (Fsp3) is 0.417. The molecule has 6 nitrogen and oxygen atoms in total. The van der Waals surface area contributed by atoms with Gasteiger partial charge in [-0.1, -0.05) is 12.1 Å². The van der Waals surface area contributed by atoms with E-state index in [4.69, 9.17) is 0 Å². The fourth-order valence-electron chi connectivity index (χ4n) is 2.39. The molecule has 0 aliphatic carbocycles. The molecule has 2 rings (SSSR count). The fourth-order valence-corrected chi connectivity index (χ4v) is 4.39. The Labute approximate surface area is 114 Å². The molecule has 0 amide bonds. The maximum Gasteiger partial charge on any atom is 0.305 e. The monoisotopic (exact) mass is 298 g/mol. The first-order chi connectivity index (χ1) is 9.29. The maximum atomic E-state index is 14.0. The summed E-state index contributed by atoms with van der Waals surface area (Å²) in [5.41, 5.74) is -1.87. The number of hydrogen-bond acceptors (Lipinski definition) is 5. The van der Waals surface area contributed by atoms with Crippen molar-refractivity contribution in [1.29, 1.82) is 5.26 Å². The van der Waals surface area contributed by atoms with Crippen LogP contribution in [0.4, 0.5) is 10.1 Å². The quantitative estimate of drug-likeness (QED) is 0.623. The third kappa shape index (κ3) is 2.63. The molecule has 106 valence electrons. The largest absolute Gasteiger partial charge is 0.305 e. The Morgan fingerprint density at radius 1 is 1.50 bits per heavy atom. The van der Waals surface area contributed by atoms with Crippen molar-refractivity contribution in [3.8, 4) is 6.07 Å². The zero-order chi connectivity index (χ0) is 15.0. The Morgan fingerprint density at radius 3 is 2.70 bits per heavy atom. The van der Waals surface area contributed by atoms with Gasteiger partial charge in [-0.25, -0.2) is 8.42 Å². The Kier molecular flexibility index (Phi) is 3.48. The van der Waals surface area contributed by atoms with Crippen molar-refractivity contribution in [3.63, 3.8) is 0 Å². The number of halogens is 1. The van der Waals surface area contributed by atoms with E-state index in [1.807, 2.05) is 6.07 Å². The van der Waals surface area contributed by atoms with Gasteiger partial charge in [-0.05, 0) is 18.4 Å². The van der Waals surface area contributed by atoms with Crippen LogP contribution in [0.15, 0.2) is 18.2 Å². The van der Waals surface area contributed by atoms with Crippen molar-refractivity contribution in [2.75, 3.05) is 11.5 Å². The number of benzene rings is 1. The molecule has 1 aliphatic heterocycles. The van der Waals surface area contributed by atoms with Crippen molar-refractivity contribution in [2.24, 2.45) is 5.41 Å². The molecule has 1 aliphatic rings. The summed E-state index contributed by atoms with van der Waals surface area (Å²) in [4.78, 5) is 9.82. The number of rotatable bonds is 3. The summed E-state index contributed by atoms with van der Waals surface area (Å²) in [6.45, 7) is 0. The molecule has 1 heterocycles. The molecule has 1 unspecified atom stereocenters. The molecule has 0 radical (unpaired) electrons. The normalized spacial score (nSPS) is 24.2. The second-order valence-electron chi connectivity index (χ2n) is 4.92. The minimum absolute atomic E-state index is 0.00199. The average Bonchev–Trinajstić information content (AvgIpc) is 2.68. The molecule has 0 saturated carbocycles. The highest BCUT2D eigenvalue weighted by Gasteiger charge is 2.43. The van der Waals surface area contributed by atoms with E-state index in [-0.39, 0.29) is 29.9 Å². The molecule has 8 heteroatoms. The topological polar surface area (TPSA) is 101 Å². The average molecular weight is 298 g/mol. The lowest BCUT2D eigenvalue weighted by molar-refractivity contribution is -0.387. The van der Waals surface area contributed by atoms with Gasteiger partial charge in [0.2, 0.25) is 5.82 Å². The predicted octanol–water partition coefficient (Wildman–Crippen LogP) is 1.60. The van der Waals surface area contributed by atoms with E-state index in [1.165, 1.54) is 12.1 Å². The molecule has 0 N–H and O–H groups in total. The van der Waals surface area contributed by atoms with Gasteiger partial charge in [0, 0.05) is 6.07 Å². The summed E-state index contributed by atoms with van der Waals surface area (Å²) in [6.07, 6.45) is -0.0236. The van der Waals surface area contributed by atoms with E-state index in [9.17, 15) is 28.2 Å². The van der Waals surface area contributed by atoms with Crippen molar-refractivity contribution >= 4 is 15.5 Å². The first-order valence-corrected chi connectivity index (χ1v) is 7.64. The van der Waals surface area contributed by atoms with E-state index in [0.717, 1.165) is 6.07 Å². The van der Waals surface area contributed by atoms with Crippen LogP contribution in [0, 0.1) is 32.7 Å². The number of nitro groups is 1. The highest BCUT2D eigenvalue weighted by atomic mass is 32.2. The molecule has 0 aromatic heterocycles. The number of sulfone groups is 1. The zero-order valence-electron chi connectivity index (χ0n) is 10.4. The summed E-state index contributed by atoms with van der Waals surface area (Å²) in [5, 5.41) is 19.9. The second kappa shape index (κ2) is 4.83. The summed E-state index contributed by atoms with van der Waals surface area (Å²) in [5.74, 6) is -1.45. The molecule has 0 spiro atoms. The highest BCUT2D eigenvalue weighted by Crippen LogP contribution is 2.36. The molecule has 1 saturated heterocycles. The van der Waals surface area contributed by atoms with Crippen LogP contribution >= 0.6 is 0 Å². The Balaban J connectivity index is 2.38. The number of nitro benzene ring substituents is 1. The predicted molar refractivity (Wildman–Crippen MR) is 68.1 cm³/mol. The van der Waals surface area contributed by atoms with Crippen LogP contribution in [-0.2, 0) is 16.3 Å². The van der Waals surface area contributed by atoms with Gasteiger partial charge in [0.25, 0.3) is 0 Å². The lowest BCUT2D eigenvalue weighted by Crippen LogP contribution is -2.24. The molecular formula is C12H11FN2O4S. The first-order valence-electron chi connectivity index (χ1n) is 5.82. The molecule has 0 bridgehead atoms. The Hall–Kier alpha value is -2.01. The third-order valence-electron chi connectivity index (χ3n) is 3.41. The van der Waals surface area contributed by atoms with Crippen LogP contribution in [0.3, 0.4) is 0 Å². The molecular weight excluding hydrogens is 287 g/mol. The highest BCUT2D eigenvalue weighted by molar-refractivity contribution is 7.91. The number of nitriles is 1. The van der Waals surface area contributed by atoms with Crippen molar-refractivity contribution < 1.29 is 17.7 Å². The molecule has 1 aromatic rings. The Bertz CT molecular complexity index is 711. The van der Waals surface area contributed by atoms with Crippen LogP contribution in [-0.4, -0.2) is 24.8 Å². The van der Waals surface area contributed by atoms with E-state index >= 15 is 0 Å². The van der Waals surface area contributed by atoms with Crippen LogP contribution in [0.25, 0.3) is 0 Å². The third-order valence-corrected chi connectivity index (χ3v) is 5.23. The second-order valence-corrected chi connectivity index (χ2v) is 7.10. The lowest BCUT2D eigenvalue weighted by atomic mass is 9.82. The van der Waals surface area contributed by atoms with Gasteiger partial charge in [-0.15, -0.1) is 0 Å². The first kappa shape index (κ1) is 14.4.